The van der Waals surface area contributed by atoms with Crippen molar-refractivity contribution in [2.75, 3.05) is 0 Å². The summed E-state index contributed by atoms with van der Waals surface area (Å²) in [6.07, 6.45) is 0. The zero-order valence-corrected chi connectivity index (χ0v) is 19.0. The number of aryl methyl sites for hydroxylation is 3. The molecular weight excluding hydrogens is 542 g/mol. The fourth-order valence-corrected chi connectivity index (χ4v) is 3.48. The van der Waals surface area contributed by atoms with Crippen molar-refractivity contribution < 1.29 is 24.5 Å². The molecule has 0 aliphatic heterocycles. The Balaban J connectivity index is 0.00000208. The molecule has 2 heterocycles. The number of pyridine rings is 1. The molecule has 0 spiro atoms. The molecule has 0 bridgehead atoms. The van der Waals surface area contributed by atoms with E-state index in [-0.39, 0.29) is 20.1 Å². The van der Waals surface area contributed by atoms with E-state index in [4.69, 9.17) is 9.40 Å². The molecule has 0 saturated heterocycles. The molecule has 4 heteroatoms. The van der Waals surface area contributed by atoms with Crippen LogP contribution in [0.1, 0.15) is 39.1 Å². The molecule has 0 unspecified atom stereocenters. The second-order valence-corrected chi connectivity index (χ2v) is 7.16. The van der Waals surface area contributed by atoms with E-state index in [1.807, 2.05) is 6.92 Å². The first-order valence-electron chi connectivity index (χ1n) is 7.79. The van der Waals surface area contributed by atoms with E-state index in [1.165, 1.54) is 22.3 Å². The van der Waals surface area contributed by atoms with Crippen LogP contribution >= 0.6 is 15.9 Å². The van der Waals surface area contributed by atoms with E-state index in [2.05, 4.69) is 63.5 Å². The first-order chi connectivity index (χ1) is 10.7. The summed E-state index contributed by atoms with van der Waals surface area (Å²) >= 11 is 3.67. The third-order valence-corrected chi connectivity index (χ3v) is 6.31. The van der Waals surface area contributed by atoms with Crippen LogP contribution < -0.4 is 0 Å². The van der Waals surface area contributed by atoms with Crippen LogP contribution in [0, 0.1) is 54.5 Å². The molecule has 1 aromatic carbocycles. The van der Waals surface area contributed by atoms with Crippen molar-refractivity contribution in [3.8, 4) is 11.5 Å². The molecule has 0 aliphatic rings. The SMILES string of the molecule is Cc1nc(-c2[c-]c3c(C)c(C)c(Br)c(C)c3o2)c(C)c(C)c1C.[Ir]. The summed E-state index contributed by atoms with van der Waals surface area (Å²) in [6.45, 7) is 14.7. The number of hydrogen-bond donors (Lipinski definition) is 0. The molecule has 3 rings (SSSR count). The molecule has 0 amide bonds. The zero-order chi connectivity index (χ0) is 17.0. The first-order valence-corrected chi connectivity index (χ1v) is 8.59. The van der Waals surface area contributed by atoms with Gasteiger partial charge in [-0.2, -0.15) is 0 Å². The monoisotopic (exact) mass is 563 g/mol. The summed E-state index contributed by atoms with van der Waals surface area (Å²) in [6, 6.07) is 3.45. The average Bonchev–Trinajstić information content (AvgIpc) is 2.97. The van der Waals surface area contributed by atoms with Crippen LogP contribution in [-0.4, -0.2) is 4.98 Å². The van der Waals surface area contributed by atoms with Crippen LogP contribution in [0.15, 0.2) is 8.89 Å². The van der Waals surface area contributed by atoms with Crippen LogP contribution in [0.4, 0.5) is 0 Å². The smallest absolute Gasteiger partial charge is 0.0579 e. The molecule has 0 atom stereocenters. The Morgan fingerprint density at radius 3 is 2.04 bits per heavy atom. The van der Waals surface area contributed by atoms with Crippen molar-refractivity contribution >= 4 is 26.9 Å². The number of rotatable bonds is 1. The Bertz CT molecular complexity index is 912. The second-order valence-electron chi connectivity index (χ2n) is 6.37. The average molecular weight is 564 g/mol. The van der Waals surface area contributed by atoms with Gasteiger partial charge in [-0.25, -0.2) is 0 Å². The molecule has 3 aromatic rings. The van der Waals surface area contributed by atoms with Gasteiger partial charge in [0.2, 0.25) is 0 Å². The summed E-state index contributed by atoms with van der Waals surface area (Å²) in [7, 11) is 0. The van der Waals surface area contributed by atoms with Crippen LogP contribution in [0.5, 0.6) is 0 Å². The van der Waals surface area contributed by atoms with E-state index in [0.29, 0.717) is 0 Å². The molecule has 0 fully saturated rings. The Hall–Kier alpha value is -0.961. The van der Waals surface area contributed by atoms with Gasteiger partial charge >= 0.3 is 0 Å². The third-order valence-electron chi connectivity index (χ3n) is 5.12. The largest absolute Gasteiger partial charge is 0.517 e. The first kappa shape index (κ1) is 19.4. The number of aromatic nitrogens is 1. The number of benzene rings is 1. The van der Waals surface area contributed by atoms with Gasteiger partial charge in [0.25, 0.3) is 0 Å². The number of furan rings is 1. The van der Waals surface area contributed by atoms with Crippen molar-refractivity contribution in [1.29, 1.82) is 0 Å². The predicted octanol–water partition coefficient (Wildman–Crippen LogP) is 6.21. The van der Waals surface area contributed by atoms with Gasteiger partial charge in [0.05, 0.1) is 11.3 Å². The topological polar surface area (TPSA) is 26.0 Å². The van der Waals surface area contributed by atoms with Gasteiger partial charge in [0, 0.05) is 36.0 Å². The Labute approximate surface area is 165 Å². The Morgan fingerprint density at radius 1 is 0.792 bits per heavy atom. The van der Waals surface area contributed by atoms with Gasteiger partial charge in [-0.1, -0.05) is 45.6 Å². The molecule has 0 saturated carbocycles. The maximum atomic E-state index is 6.18. The summed E-state index contributed by atoms with van der Waals surface area (Å²) in [5, 5.41) is 1.05. The standard InChI is InChI=1S/C20H21BrNO.Ir/c1-9-10(2)15(7)22-19(13(9)5)17-8-16-11(3)12(4)18(21)14(6)20(16)23-17;/h1-7H3;/q-1;. The molecule has 1 radical (unpaired) electrons. The number of fused-ring (bicyclic) bond motifs is 1. The van der Waals surface area contributed by atoms with Crippen LogP contribution in [0.2, 0.25) is 0 Å². The van der Waals surface area contributed by atoms with Gasteiger partial charge in [-0.3, -0.25) is 4.98 Å². The third kappa shape index (κ3) is 2.79. The van der Waals surface area contributed by atoms with Crippen molar-refractivity contribution in [2.24, 2.45) is 0 Å². The van der Waals surface area contributed by atoms with Crippen molar-refractivity contribution in [2.45, 2.75) is 48.5 Å². The molecular formula is C20H21BrIrNO-. The number of nitrogens with zero attached hydrogens (tertiary/aromatic N) is 1. The summed E-state index contributed by atoms with van der Waals surface area (Å²) in [4.78, 5) is 4.77. The van der Waals surface area contributed by atoms with E-state index in [9.17, 15) is 0 Å². The molecule has 2 aromatic heterocycles. The molecule has 0 aliphatic carbocycles. The van der Waals surface area contributed by atoms with Gasteiger partial charge in [0.15, 0.2) is 0 Å². The Morgan fingerprint density at radius 2 is 1.42 bits per heavy atom. The van der Waals surface area contributed by atoms with Gasteiger partial charge < -0.3 is 4.42 Å². The van der Waals surface area contributed by atoms with Crippen molar-refractivity contribution in [3.05, 3.63) is 49.6 Å². The van der Waals surface area contributed by atoms with Gasteiger partial charge in [-0.15, -0.1) is 10.9 Å². The van der Waals surface area contributed by atoms with E-state index >= 15 is 0 Å². The number of hydrogen-bond acceptors (Lipinski definition) is 2. The maximum absolute atomic E-state index is 6.18. The minimum atomic E-state index is 0. The zero-order valence-electron chi connectivity index (χ0n) is 15.1. The number of halogens is 1. The van der Waals surface area contributed by atoms with Gasteiger partial charge in [0.1, 0.15) is 0 Å². The minimum Gasteiger partial charge on any atom is -0.517 e. The van der Waals surface area contributed by atoms with E-state index < -0.39 is 0 Å². The second kappa shape index (κ2) is 6.74. The molecule has 24 heavy (non-hydrogen) atoms. The van der Waals surface area contributed by atoms with E-state index in [1.54, 1.807) is 0 Å². The predicted molar refractivity (Wildman–Crippen MR) is 99.1 cm³/mol. The minimum absolute atomic E-state index is 0. The van der Waals surface area contributed by atoms with E-state index in [0.717, 1.165) is 43.7 Å². The quantitative estimate of drug-likeness (QED) is 0.329. The van der Waals surface area contributed by atoms with Crippen LogP contribution in [0.25, 0.3) is 22.4 Å². The fourth-order valence-electron chi connectivity index (χ4n) is 3.00. The van der Waals surface area contributed by atoms with Crippen molar-refractivity contribution in [1.82, 2.24) is 4.98 Å². The van der Waals surface area contributed by atoms with Crippen LogP contribution in [0.3, 0.4) is 0 Å². The van der Waals surface area contributed by atoms with Crippen LogP contribution in [-0.2, 0) is 20.1 Å². The normalized spacial score (nSPS) is 11.0. The van der Waals surface area contributed by atoms with Crippen molar-refractivity contribution in [3.63, 3.8) is 0 Å². The summed E-state index contributed by atoms with van der Waals surface area (Å²) in [5.41, 5.74) is 10.1. The van der Waals surface area contributed by atoms with Gasteiger partial charge in [-0.05, 0) is 52.7 Å². The molecule has 0 N–H and O–H groups in total. The Kier molecular flexibility index (Phi) is 5.44. The maximum Gasteiger partial charge on any atom is 0.0579 e. The molecule has 2 nitrogen and oxygen atoms in total. The summed E-state index contributed by atoms with van der Waals surface area (Å²) < 4.78 is 7.29. The summed E-state index contributed by atoms with van der Waals surface area (Å²) in [5.74, 6) is 0.729. The fraction of sp³-hybridized carbons (Fsp3) is 0.350. The molecule has 129 valence electrons.